The van der Waals surface area contributed by atoms with Crippen molar-refractivity contribution in [2.24, 2.45) is 23.5 Å². The van der Waals surface area contributed by atoms with Gasteiger partial charge in [0.25, 0.3) is 0 Å². The van der Waals surface area contributed by atoms with Crippen molar-refractivity contribution in [3.05, 3.63) is 0 Å². The van der Waals surface area contributed by atoms with Crippen LogP contribution >= 0.6 is 0 Å². The molecule has 1 heterocycles. The highest BCUT2D eigenvalue weighted by molar-refractivity contribution is 5.01. The van der Waals surface area contributed by atoms with Gasteiger partial charge >= 0.3 is 0 Å². The number of hydrogen-bond acceptors (Lipinski definition) is 2. The average Bonchev–Trinajstić information content (AvgIpc) is 2.63. The average molecular weight is 266 g/mol. The molecule has 0 bridgehead atoms. The summed E-state index contributed by atoms with van der Waals surface area (Å²) in [7, 11) is 0. The lowest BCUT2D eigenvalue weighted by molar-refractivity contribution is -0.0123. The lowest BCUT2D eigenvalue weighted by Crippen LogP contribution is -2.61. The lowest BCUT2D eigenvalue weighted by Gasteiger charge is -2.52. The molecule has 3 unspecified atom stereocenters. The van der Waals surface area contributed by atoms with Gasteiger partial charge in [-0.25, -0.2) is 0 Å². The molecule has 1 saturated heterocycles. The van der Waals surface area contributed by atoms with E-state index >= 15 is 0 Å². The molecule has 2 heteroatoms. The van der Waals surface area contributed by atoms with Gasteiger partial charge in [0.1, 0.15) is 0 Å². The van der Waals surface area contributed by atoms with Crippen LogP contribution in [0.1, 0.15) is 65.7 Å². The minimum Gasteiger partial charge on any atom is -0.329 e. The molecule has 19 heavy (non-hydrogen) atoms. The second kappa shape index (κ2) is 6.58. The molecule has 0 spiro atoms. The zero-order valence-electron chi connectivity index (χ0n) is 13.3. The van der Waals surface area contributed by atoms with Gasteiger partial charge in [-0.1, -0.05) is 33.6 Å². The summed E-state index contributed by atoms with van der Waals surface area (Å²) in [6, 6.07) is 0. The van der Waals surface area contributed by atoms with Crippen LogP contribution in [0.5, 0.6) is 0 Å². The van der Waals surface area contributed by atoms with Gasteiger partial charge < -0.3 is 5.73 Å². The van der Waals surface area contributed by atoms with Crippen LogP contribution in [0.25, 0.3) is 0 Å². The van der Waals surface area contributed by atoms with Crippen LogP contribution in [0.3, 0.4) is 0 Å². The summed E-state index contributed by atoms with van der Waals surface area (Å²) in [5.74, 6) is 2.48. The molecule has 1 saturated carbocycles. The second-order valence-corrected chi connectivity index (χ2v) is 7.43. The van der Waals surface area contributed by atoms with Crippen molar-refractivity contribution in [2.45, 2.75) is 71.3 Å². The molecule has 0 amide bonds. The molecule has 2 N–H and O–H groups in total. The Kier molecular flexibility index (Phi) is 5.30. The zero-order valence-corrected chi connectivity index (χ0v) is 13.3. The van der Waals surface area contributed by atoms with E-state index in [2.05, 4.69) is 25.7 Å². The Balaban J connectivity index is 2.18. The first-order chi connectivity index (χ1) is 9.10. The molecule has 2 aliphatic rings. The first-order valence-electron chi connectivity index (χ1n) is 8.55. The van der Waals surface area contributed by atoms with Crippen LogP contribution in [0.4, 0.5) is 0 Å². The van der Waals surface area contributed by atoms with Crippen molar-refractivity contribution in [1.29, 1.82) is 0 Å². The zero-order chi connectivity index (χ0) is 13.9. The molecule has 0 aromatic heterocycles. The summed E-state index contributed by atoms with van der Waals surface area (Å²) < 4.78 is 0. The smallest absolute Gasteiger partial charge is 0.0362 e. The fourth-order valence-electron chi connectivity index (χ4n) is 4.69. The van der Waals surface area contributed by atoms with E-state index in [1.54, 1.807) is 0 Å². The monoisotopic (exact) mass is 266 g/mol. The molecule has 2 rings (SSSR count). The molecule has 3 atom stereocenters. The van der Waals surface area contributed by atoms with Crippen molar-refractivity contribution in [1.82, 2.24) is 4.90 Å². The molecule has 1 aliphatic carbocycles. The first-order valence-corrected chi connectivity index (χ1v) is 8.55. The standard InChI is InChI=1S/C17H34N2/c1-14(2)16-8-4-5-10-17(16,13-18)19-11-6-7-15(3)9-12-19/h14-16H,4-13,18H2,1-3H3. The highest BCUT2D eigenvalue weighted by Gasteiger charge is 2.45. The van der Waals surface area contributed by atoms with E-state index in [1.165, 1.54) is 58.0 Å². The summed E-state index contributed by atoms with van der Waals surface area (Å²) in [5, 5.41) is 0. The minimum absolute atomic E-state index is 0.316. The van der Waals surface area contributed by atoms with E-state index in [-0.39, 0.29) is 0 Å². The molecule has 0 aromatic carbocycles. The van der Waals surface area contributed by atoms with Crippen LogP contribution in [-0.2, 0) is 0 Å². The molecule has 0 radical (unpaired) electrons. The number of likely N-dealkylation sites (tertiary alicyclic amines) is 1. The van der Waals surface area contributed by atoms with E-state index in [1.807, 2.05) is 0 Å². The van der Waals surface area contributed by atoms with Gasteiger partial charge in [0, 0.05) is 12.1 Å². The normalized spacial score (nSPS) is 38.4. The molecule has 2 nitrogen and oxygen atoms in total. The molecule has 0 aromatic rings. The molecule has 2 fully saturated rings. The van der Waals surface area contributed by atoms with Crippen molar-refractivity contribution in [3.63, 3.8) is 0 Å². The topological polar surface area (TPSA) is 29.3 Å². The van der Waals surface area contributed by atoms with Crippen LogP contribution < -0.4 is 5.73 Å². The van der Waals surface area contributed by atoms with Gasteiger partial charge in [-0.15, -0.1) is 0 Å². The Morgan fingerprint density at radius 2 is 1.89 bits per heavy atom. The number of hydrogen-bond donors (Lipinski definition) is 1. The maximum absolute atomic E-state index is 6.34. The Morgan fingerprint density at radius 1 is 1.11 bits per heavy atom. The third-order valence-electron chi connectivity index (χ3n) is 5.87. The maximum Gasteiger partial charge on any atom is 0.0362 e. The predicted octanol–water partition coefficient (Wildman–Crippen LogP) is 3.65. The predicted molar refractivity (Wildman–Crippen MR) is 83.2 cm³/mol. The molecule has 1 aliphatic heterocycles. The van der Waals surface area contributed by atoms with Crippen LogP contribution in [0.2, 0.25) is 0 Å². The summed E-state index contributed by atoms with van der Waals surface area (Å²) in [4.78, 5) is 2.81. The Labute approximate surface area is 120 Å². The largest absolute Gasteiger partial charge is 0.329 e. The van der Waals surface area contributed by atoms with Gasteiger partial charge in [-0.05, 0) is 62.9 Å². The van der Waals surface area contributed by atoms with Gasteiger partial charge in [-0.3, -0.25) is 4.90 Å². The molecular formula is C17H34N2. The number of nitrogens with two attached hydrogens (primary N) is 1. The highest BCUT2D eigenvalue weighted by Crippen LogP contribution is 2.43. The van der Waals surface area contributed by atoms with Crippen molar-refractivity contribution >= 4 is 0 Å². The van der Waals surface area contributed by atoms with E-state index in [0.29, 0.717) is 5.54 Å². The minimum atomic E-state index is 0.316. The van der Waals surface area contributed by atoms with Crippen molar-refractivity contribution < 1.29 is 0 Å². The fourth-order valence-corrected chi connectivity index (χ4v) is 4.69. The van der Waals surface area contributed by atoms with Crippen LogP contribution in [0.15, 0.2) is 0 Å². The van der Waals surface area contributed by atoms with Gasteiger partial charge in [0.15, 0.2) is 0 Å². The molecular weight excluding hydrogens is 232 g/mol. The Morgan fingerprint density at radius 3 is 2.58 bits per heavy atom. The molecule has 112 valence electrons. The summed E-state index contributed by atoms with van der Waals surface area (Å²) >= 11 is 0. The second-order valence-electron chi connectivity index (χ2n) is 7.43. The highest BCUT2D eigenvalue weighted by atomic mass is 15.2. The van der Waals surface area contributed by atoms with E-state index in [9.17, 15) is 0 Å². The SMILES string of the molecule is CC1CCCN(C2(CN)CCCCC2C(C)C)CC1. The van der Waals surface area contributed by atoms with Crippen LogP contribution in [0, 0.1) is 17.8 Å². The summed E-state index contributed by atoms with van der Waals surface area (Å²) in [6.45, 7) is 10.7. The van der Waals surface area contributed by atoms with E-state index in [0.717, 1.165) is 24.3 Å². The van der Waals surface area contributed by atoms with Gasteiger partial charge in [0.2, 0.25) is 0 Å². The van der Waals surface area contributed by atoms with Gasteiger partial charge in [-0.2, -0.15) is 0 Å². The Bertz CT molecular complexity index is 276. The van der Waals surface area contributed by atoms with Gasteiger partial charge in [0.05, 0.1) is 0 Å². The third kappa shape index (κ3) is 3.16. The third-order valence-corrected chi connectivity index (χ3v) is 5.87. The quantitative estimate of drug-likeness (QED) is 0.845. The first kappa shape index (κ1) is 15.3. The number of nitrogens with zero attached hydrogens (tertiary/aromatic N) is 1. The summed E-state index contributed by atoms with van der Waals surface area (Å²) in [6.07, 6.45) is 9.66. The fraction of sp³-hybridized carbons (Fsp3) is 1.00. The Hall–Kier alpha value is -0.0800. The summed E-state index contributed by atoms with van der Waals surface area (Å²) in [5.41, 5.74) is 6.66. The van der Waals surface area contributed by atoms with E-state index < -0.39 is 0 Å². The van der Waals surface area contributed by atoms with Crippen molar-refractivity contribution in [2.75, 3.05) is 19.6 Å². The maximum atomic E-state index is 6.34. The van der Waals surface area contributed by atoms with Crippen LogP contribution in [-0.4, -0.2) is 30.1 Å². The number of rotatable bonds is 3. The lowest BCUT2D eigenvalue weighted by atomic mass is 9.66. The van der Waals surface area contributed by atoms with E-state index in [4.69, 9.17) is 5.73 Å². The van der Waals surface area contributed by atoms with Crippen molar-refractivity contribution in [3.8, 4) is 0 Å².